The van der Waals surface area contributed by atoms with Crippen LogP contribution in [-0.2, 0) is 17.8 Å². The molecule has 4 rings (SSSR count). The third kappa shape index (κ3) is 6.41. The molecular formula is C29H38F2O. The number of hydrogen-bond acceptors (Lipinski definition) is 1. The van der Waals surface area contributed by atoms with Crippen LogP contribution >= 0.6 is 0 Å². The molecule has 0 bridgehead atoms. The molecule has 0 atom stereocenters. The second-order valence-corrected chi connectivity index (χ2v) is 10.5. The van der Waals surface area contributed by atoms with Gasteiger partial charge in [-0.25, -0.2) is 0 Å². The second kappa shape index (κ2) is 10.5. The molecule has 0 unspecified atom stereocenters. The number of hydrogen-bond donors (Lipinski definition) is 0. The van der Waals surface area contributed by atoms with E-state index in [2.05, 4.69) is 26.0 Å². The first-order valence-corrected chi connectivity index (χ1v) is 12.6. The van der Waals surface area contributed by atoms with E-state index in [4.69, 9.17) is 4.74 Å². The Bertz CT molecular complexity index is 826. The van der Waals surface area contributed by atoms with Gasteiger partial charge in [0.2, 0.25) is 0 Å². The van der Waals surface area contributed by atoms with Crippen LogP contribution in [0.1, 0.15) is 99.3 Å². The Morgan fingerprint density at radius 2 is 1.06 bits per heavy atom. The summed E-state index contributed by atoms with van der Waals surface area (Å²) >= 11 is 0. The topological polar surface area (TPSA) is 9.23 Å². The van der Waals surface area contributed by atoms with Crippen LogP contribution in [0.25, 0.3) is 0 Å². The monoisotopic (exact) mass is 440 g/mol. The summed E-state index contributed by atoms with van der Waals surface area (Å²) < 4.78 is 34.0. The van der Waals surface area contributed by atoms with Gasteiger partial charge in [-0.1, -0.05) is 88.1 Å². The van der Waals surface area contributed by atoms with E-state index >= 15 is 0 Å². The standard InChI is InChI=1S/C29H38F2O/c1-21-3-11-25(12-4-21)27-15-7-23(8-16-27)19-29(30,31)32-20-24-9-17-28(18-10-24)26-13-5-22(2)6-14-26/h7-10,15-18,21-22,25-26H,3-6,11-14,19-20H2,1-2H3. The molecule has 0 saturated heterocycles. The molecule has 0 aromatic heterocycles. The van der Waals surface area contributed by atoms with Crippen LogP contribution in [-0.4, -0.2) is 6.11 Å². The van der Waals surface area contributed by atoms with Crippen molar-refractivity contribution in [3.8, 4) is 0 Å². The largest absolute Gasteiger partial charge is 0.360 e. The minimum atomic E-state index is -3.17. The van der Waals surface area contributed by atoms with Gasteiger partial charge in [0.25, 0.3) is 0 Å². The number of alkyl halides is 2. The van der Waals surface area contributed by atoms with Gasteiger partial charge in [0.15, 0.2) is 0 Å². The summed E-state index contributed by atoms with van der Waals surface area (Å²) in [6.07, 6.45) is 6.41. The lowest BCUT2D eigenvalue weighted by Gasteiger charge is -2.26. The third-order valence-corrected chi connectivity index (χ3v) is 7.79. The van der Waals surface area contributed by atoms with Gasteiger partial charge in [0.1, 0.15) is 0 Å². The van der Waals surface area contributed by atoms with E-state index < -0.39 is 6.11 Å². The first kappa shape index (κ1) is 23.4. The summed E-state index contributed by atoms with van der Waals surface area (Å²) in [5, 5.41) is 0. The van der Waals surface area contributed by atoms with Crippen molar-refractivity contribution >= 4 is 0 Å². The molecule has 2 saturated carbocycles. The van der Waals surface area contributed by atoms with Gasteiger partial charge < -0.3 is 4.74 Å². The average Bonchev–Trinajstić information content (AvgIpc) is 2.80. The quantitative estimate of drug-likeness (QED) is 0.419. The summed E-state index contributed by atoms with van der Waals surface area (Å²) in [4.78, 5) is 0. The minimum absolute atomic E-state index is 0.0622. The lowest BCUT2D eigenvalue weighted by Crippen LogP contribution is -2.23. The Labute approximate surface area is 192 Å². The molecule has 0 spiro atoms. The van der Waals surface area contributed by atoms with Crippen LogP contribution in [0.5, 0.6) is 0 Å². The van der Waals surface area contributed by atoms with Crippen LogP contribution in [0.4, 0.5) is 8.78 Å². The van der Waals surface area contributed by atoms with E-state index in [0.29, 0.717) is 17.4 Å². The van der Waals surface area contributed by atoms with Crippen molar-refractivity contribution in [2.75, 3.05) is 0 Å². The Hall–Kier alpha value is -1.74. The summed E-state index contributed by atoms with van der Waals surface area (Å²) in [6, 6.07) is 15.9. The van der Waals surface area contributed by atoms with Crippen molar-refractivity contribution in [2.24, 2.45) is 11.8 Å². The molecular weight excluding hydrogens is 402 g/mol. The van der Waals surface area contributed by atoms with Crippen molar-refractivity contribution in [1.82, 2.24) is 0 Å². The lowest BCUT2D eigenvalue weighted by atomic mass is 9.79. The zero-order chi connectivity index (χ0) is 22.6. The van der Waals surface area contributed by atoms with E-state index in [-0.39, 0.29) is 13.0 Å². The minimum Gasteiger partial charge on any atom is -0.315 e. The maximum atomic E-state index is 14.5. The molecule has 2 aromatic rings. The van der Waals surface area contributed by atoms with Gasteiger partial charge in [-0.05, 0) is 71.6 Å². The van der Waals surface area contributed by atoms with Crippen molar-refractivity contribution in [2.45, 2.75) is 96.2 Å². The number of halogens is 2. The highest BCUT2D eigenvalue weighted by Crippen LogP contribution is 2.37. The smallest absolute Gasteiger partial charge is 0.315 e. The van der Waals surface area contributed by atoms with Crippen LogP contribution in [0.15, 0.2) is 48.5 Å². The zero-order valence-electron chi connectivity index (χ0n) is 19.7. The Kier molecular flexibility index (Phi) is 7.66. The lowest BCUT2D eigenvalue weighted by molar-refractivity contribution is -0.244. The molecule has 2 aliphatic carbocycles. The summed E-state index contributed by atoms with van der Waals surface area (Å²) in [5.41, 5.74) is 4.06. The van der Waals surface area contributed by atoms with Crippen molar-refractivity contribution in [3.63, 3.8) is 0 Å². The van der Waals surface area contributed by atoms with Gasteiger partial charge in [0.05, 0.1) is 13.0 Å². The second-order valence-electron chi connectivity index (χ2n) is 10.5. The van der Waals surface area contributed by atoms with Gasteiger partial charge in [-0.3, -0.25) is 0 Å². The molecule has 0 heterocycles. The first-order valence-electron chi connectivity index (χ1n) is 12.6. The highest BCUT2D eigenvalue weighted by atomic mass is 19.3. The first-order chi connectivity index (χ1) is 15.4. The average molecular weight is 441 g/mol. The van der Waals surface area contributed by atoms with Gasteiger partial charge in [-0.2, -0.15) is 8.78 Å². The molecule has 0 amide bonds. The molecule has 1 nitrogen and oxygen atoms in total. The fraction of sp³-hybridized carbons (Fsp3) is 0.586. The van der Waals surface area contributed by atoms with E-state index in [1.165, 1.54) is 62.5 Å². The predicted octanol–water partition coefficient (Wildman–Crippen LogP) is 8.63. The molecule has 0 N–H and O–H groups in total. The van der Waals surface area contributed by atoms with E-state index in [9.17, 15) is 8.78 Å². The summed E-state index contributed by atoms with van der Waals surface area (Å²) in [6.45, 7) is 4.57. The highest BCUT2D eigenvalue weighted by molar-refractivity contribution is 5.27. The van der Waals surface area contributed by atoms with E-state index in [1.807, 2.05) is 36.4 Å². The molecule has 0 radical (unpaired) electrons. The Morgan fingerprint density at radius 3 is 1.50 bits per heavy atom. The number of rotatable bonds is 7. The fourth-order valence-corrected chi connectivity index (χ4v) is 5.46. The number of benzene rings is 2. The van der Waals surface area contributed by atoms with Gasteiger partial charge in [0, 0.05) is 0 Å². The van der Waals surface area contributed by atoms with Gasteiger partial charge >= 0.3 is 6.11 Å². The SMILES string of the molecule is CC1CCC(c2ccc(COC(F)(F)Cc3ccc(C4CCC(C)CC4)cc3)cc2)CC1. The normalized spacial score (nSPS) is 26.8. The molecule has 2 fully saturated rings. The molecule has 3 heteroatoms. The summed E-state index contributed by atoms with van der Waals surface area (Å²) in [7, 11) is 0. The molecule has 32 heavy (non-hydrogen) atoms. The van der Waals surface area contributed by atoms with Crippen LogP contribution < -0.4 is 0 Å². The van der Waals surface area contributed by atoms with Crippen molar-refractivity contribution in [3.05, 3.63) is 70.8 Å². The maximum Gasteiger partial charge on any atom is 0.360 e. The Morgan fingerprint density at radius 1 is 0.656 bits per heavy atom. The van der Waals surface area contributed by atoms with Crippen LogP contribution in [0.2, 0.25) is 0 Å². The van der Waals surface area contributed by atoms with Crippen LogP contribution in [0.3, 0.4) is 0 Å². The Balaban J connectivity index is 1.27. The highest BCUT2D eigenvalue weighted by Gasteiger charge is 2.31. The molecule has 0 aliphatic heterocycles. The molecule has 2 aromatic carbocycles. The van der Waals surface area contributed by atoms with E-state index in [1.54, 1.807) is 0 Å². The maximum absolute atomic E-state index is 14.5. The van der Waals surface area contributed by atoms with E-state index in [0.717, 1.165) is 17.4 Å². The van der Waals surface area contributed by atoms with Crippen molar-refractivity contribution < 1.29 is 13.5 Å². The van der Waals surface area contributed by atoms with Gasteiger partial charge in [-0.15, -0.1) is 0 Å². The third-order valence-electron chi connectivity index (χ3n) is 7.79. The van der Waals surface area contributed by atoms with Crippen LogP contribution in [0, 0.1) is 11.8 Å². The predicted molar refractivity (Wildman–Crippen MR) is 127 cm³/mol. The fourth-order valence-electron chi connectivity index (χ4n) is 5.46. The molecule has 174 valence electrons. The summed E-state index contributed by atoms with van der Waals surface area (Å²) in [5.74, 6) is 2.83. The number of ether oxygens (including phenoxy) is 1. The van der Waals surface area contributed by atoms with Crippen molar-refractivity contribution in [1.29, 1.82) is 0 Å². The zero-order valence-corrected chi connectivity index (χ0v) is 19.7. The molecule has 2 aliphatic rings.